The maximum absolute atomic E-state index is 13.8. The Morgan fingerprint density at radius 1 is 0.900 bits per heavy atom. The number of amidine groups is 1. The number of carbonyl (C=O) groups is 1. The van der Waals surface area contributed by atoms with Crippen LogP contribution >= 0.6 is 56.9 Å². The van der Waals surface area contributed by atoms with Crippen molar-refractivity contribution in [1.82, 2.24) is 4.90 Å². The highest BCUT2D eigenvalue weighted by molar-refractivity contribution is 14.1. The zero-order valence-corrected chi connectivity index (χ0v) is 27.7. The molecule has 208 valence electrons. The maximum atomic E-state index is 13.8. The number of rotatable bonds is 6. The summed E-state index contributed by atoms with van der Waals surface area (Å²) in [7, 11) is 0. The summed E-state index contributed by atoms with van der Waals surface area (Å²) in [5.74, 6) is 1.03. The van der Waals surface area contributed by atoms with E-state index in [1.165, 1.54) is 54.9 Å². The molecule has 3 aromatic rings. The Hall–Kier alpha value is -1.59. The summed E-state index contributed by atoms with van der Waals surface area (Å²) in [5, 5.41) is 3.39. The molecule has 0 aromatic heterocycles. The number of hydrogen-bond donors (Lipinski definition) is 0. The molecule has 6 rings (SSSR count). The molecule has 7 heteroatoms. The highest BCUT2D eigenvalue weighted by atomic mass is 127. The summed E-state index contributed by atoms with van der Waals surface area (Å²) in [5.41, 5.74) is 2.21. The van der Waals surface area contributed by atoms with E-state index in [9.17, 15) is 4.79 Å². The molecule has 3 aromatic carbocycles. The van der Waals surface area contributed by atoms with Gasteiger partial charge in [-0.3, -0.25) is 14.7 Å². The lowest BCUT2D eigenvalue weighted by molar-refractivity contribution is -0.124. The molecular formula is C33H34I2N2O2S. The van der Waals surface area contributed by atoms with Crippen molar-refractivity contribution in [2.24, 2.45) is 4.99 Å². The number of ether oxygens (including phenoxy) is 1. The Morgan fingerprint density at radius 2 is 1.57 bits per heavy atom. The SMILES string of the molecule is O=C1C(=Cc2cc(I)c(OCc3cccc4ccccc34)c(I)c2)SC(=NC2CCCCC2)N1C1CCCCC1. The van der Waals surface area contributed by atoms with Crippen molar-refractivity contribution in [2.75, 3.05) is 0 Å². The second kappa shape index (κ2) is 13.2. The molecule has 3 fully saturated rings. The van der Waals surface area contributed by atoms with Crippen molar-refractivity contribution in [1.29, 1.82) is 0 Å². The van der Waals surface area contributed by atoms with Crippen molar-refractivity contribution in [2.45, 2.75) is 82.9 Å². The normalized spacial score (nSPS) is 21.1. The van der Waals surface area contributed by atoms with Gasteiger partial charge in [-0.05, 0) is 123 Å². The van der Waals surface area contributed by atoms with E-state index in [1.807, 2.05) is 0 Å². The van der Waals surface area contributed by atoms with Gasteiger partial charge in [-0.25, -0.2) is 0 Å². The third kappa shape index (κ3) is 6.41. The van der Waals surface area contributed by atoms with Crippen LogP contribution in [0, 0.1) is 7.14 Å². The average molecular weight is 777 g/mol. The van der Waals surface area contributed by atoms with Gasteiger partial charge in [0.1, 0.15) is 12.4 Å². The largest absolute Gasteiger partial charge is 0.487 e. The number of halogens is 2. The zero-order valence-electron chi connectivity index (χ0n) is 22.6. The summed E-state index contributed by atoms with van der Waals surface area (Å²) in [6, 6.07) is 19.7. The van der Waals surface area contributed by atoms with Crippen LogP contribution in [0.15, 0.2) is 64.5 Å². The first-order valence-electron chi connectivity index (χ1n) is 14.5. The van der Waals surface area contributed by atoms with Crippen molar-refractivity contribution in [3.63, 3.8) is 0 Å². The molecule has 0 atom stereocenters. The molecule has 0 N–H and O–H groups in total. The van der Waals surface area contributed by atoms with E-state index in [1.54, 1.807) is 11.8 Å². The van der Waals surface area contributed by atoms with Crippen LogP contribution in [0.1, 0.15) is 75.3 Å². The predicted octanol–water partition coefficient (Wildman–Crippen LogP) is 9.57. The number of thioether (sulfide) groups is 1. The molecule has 4 nitrogen and oxygen atoms in total. The molecule has 0 bridgehead atoms. The van der Waals surface area contributed by atoms with Gasteiger partial charge in [-0.1, -0.05) is 81.0 Å². The second-order valence-corrected chi connectivity index (χ2v) is 14.4. The van der Waals surface area contributed by atoms with Gasteiger partial charge in [0.15, 0.2) is 5.17 Å². The Kier molecular flexibility index (Phi) is 9.38. The number of fused-ring (bicyclic) bond motifs is 1. The first kappa shape index (κ1) is 28.5. The van der Waals surface area contributed by atoms with Gasteiger partial charge in [0.25, 0.3) is 5.91 Å². The van der Waals surface area contributed by atoms with Gasteiger partial charge in [-0.15, -0.1) is 0 Å². The van der Waals surface area contributed by atoms with Gasteiger partial charge < -0.3 is 4.74 Å². The smallest absolute Gasteiger partial charge is 0.266 e. The van der Waals surface area contributed by atoms with Crippen LogP contribution in [-0.2, 0) is 11.4 Å². The maximum Gasteiger partial charge on any atom is 0.266 e. The Morgan fingerprint density at radius 3 is 2.33 bits per heavy atom. The van der Waals surface area contributed by atoms with E-state index in [4.69, 9.17) is 9.73 Å². The van der Waals surface area contributed by atoms with E-state index < -0.39 is 0 Å². The third-order valence-electron chi connectivity index (χ3n) is 8.21. The number of carbonyl (C=O) groups excluding carboxylic acids is 1. The monoisotopic (exact) mass is 776 g/mol. The molecule has 0 spiro atoms. The summed E-state index contributed by atoms with van der Waals surface area (Å²) in [6.45, 7) is 0.513. The minimum atomic E-state index is 0.132. The van der Waals surface area contributed by atoms with Crippen molar-refractivity contribution in [3.8, 4) is 5.75 Å². The van der Waals surface area contributed by atoms with E-state index in [2.05, 4.69) is 111 Å². The second-order valence-electron chi connectivity index (χ2n) is 11.0. The molecule has 3 aliphatic rings. The van der Waals surface area contributed by atoms with Crippen molar-refractivity contribution < 1.29 is 9.53 Å². The standard InChI is InChI=1S/C33H34I2N2O2S/c34-28-18-22(19-29(35)31(28)39-21-24-12-9-11-23-10-7-8-17-27(23)24)20-30-32(38)37(26-15-5-2-6-16-26)33(40-30)36-25-13-3-1-4-14-25/h7-12,17-20,25-26H,1-6,13-16,21H2. The highest BCUT2D eigenvalue weighted by Gasteiger charge is 2.39. The van der Waals surface area contributed by atoms with E-state index in [0.29, 0.717) is 12.6 Å². The van der Waals surface area contributed by atoms with Gasteiger partial charge in [0.2, 0.25) is 0 Å². The van der Waals surface area contributed by atoms with Crippen LogP contribution in [0.4, 0.5) is 0 Å². The lowest BCUT2D eigenvalue weighted by atomic mass is 9.94. The van der Waals surface area contributed by atoms with Gasteiger partial charge in [0.05, 0.1) is 18.1 Å². The van der Waals surface area contributed by atoms with E-state index >= 15 is 0 Å². The number of benzene rings is 3. The molecule has 0 unspecified atom stereocenters. The van der Waals surface area contributed by atoms with Crippen LogP contribution in [0.2, 0.25) is 0 Å². The van der Waals surface area contributed by atoms with E-state index in [-0.39, 0.29) is 11.9 Å². The molecule has 40 heavy (non-hydrogen) atoms. The van der Waals surface area contributed by atoms with Crippen LogP contribution in [-0.4, -0.2) is 28.1 Å². The molecule has 1 aliphatic heterocycles. The summed E-state index contributed by atoms with van der Waals surface area (Å²) in [4.78, 5) is 21.8. The molecule has 1 saturated heterocycles. The average Bonchev–Trinajstić information content (AvgIpc) is 3.27. The van der Waals surface area contributed by atoms with Crippen molar-refractivity contribution in [3.05, 3.63) is 77.8 Å². The molecule has 2 saturated carbocycles. The topological polar surface area (TPSA) is 41.9 Å². The predicted molar refractivity (Wildman–Crippen MR) is 184 cm³/mol. The number of amides is 1. The van der Waals surface area contributed by atoms with Crippen LogP contribution in [0.3, 0.4) is 0 Å². The number of nitrogens with zero attached hydrogens (tertiary/aromatic N) is 2. The Labute approximate surface area is 268 Å². The quantitative estimate of drug-likeness (QED) is 0.185. The number of aliphatic imine (C=N–C) groups is 1. The molecule has 0 radical (unpaired) electrons. The zero-order chi connectivity index (χ0) is 27.5. The van der Waals surface area contributed by atoms with Gasteiger partial charge in [-0.2, -0.15) is 0 Å². The molecule has 2 aliphatic carbocycles. The summed E-state index contributed by atoms with van der Waals surface area (Å²) in [6.07, 6.45) is 14.0. The lowest BCUT2D eigenvalue weighted by Crippen LogP contribution is -2.41. The molecule has 1 heterocycles. The van der Waals surface area contributed by atoms with E-state index in [0.717, 1.165) is 54.2 Å². The van der Waals surface area contributed by atoms with Crippen LogP contribution < -0.4 is 4.74 Å². The van der Waals surface area contributed by atoms with Crippen molar-refractivity contribution >= 4 is 84.9 Å². The van der Waals surface area contributed by atoms with Crippen LogP contribution in [0.5, 0.6) is 5.75 Å². The fourth-order valence-electron chi connectivity index (χ4n) is 6.12. The Bertz CT molecular complexity index is 1430. The first-order chi connectivity index (χ1) is 19.6. The van der Waals surface area contributed by atoms with Gasteiger partial charge in [0, 0.05) is 6.04 Å². The molecule has 1 amide bonds. The lowest BCUT2D eigenvalue weighted by Gasteiger charge is -2.31. The Balaban J connectivity index is 1.24. The fraction of sp³-hybridized carbons (Fsp3) is 0.394. The third-order valence-corrected chi connectivity index (χ3v) is 10.8. The van der Waals surface area contributed by atoms with Crippen LogP contribution in [0.25, 0.3) is 16.8 Å². The first-order valence-corrected chi connectivity index (χ1v) is 17.4. The molecular weight excluding hydrogens is 742 g/mol. The van der Waals surface area contributed by atoms with Gasteiger partial charge >= 0.3 is 0 Å². The number of hydrogen-bond acceptors (Lipinski definition) is 4. The summed E-state index contributed by atoms with van der Waals surface area (Å²) < 4.78 is 8.47. The highest BCUT2D eigenvalue weighted by Crippen LogP contribution is 2.39. The minimum Gasteiger partial charge on any atom is -0.487 e. The minimum absolute atomic E-state index is 0.132. The fourth-order valence-corrected chi connectivity index (χ4v) is 9.36. The summed E-state index contributed by atoms with van der Waals surface area (Å²) >= 11 is 6.30.